The van der Waals surface area contributed by atoms with Crippen LogP contribution >= 0.6 is 7.60 Å². The third-order valence-corrected chi connectivity index (χ3v) is 5.86. The molecule has 1 N–H and O–H groups in total. The van der Waals surface area contributed by atoms with E-state index in [4.69, 9.17) is 22.7 Å². The van der Waals surface area contributed by atoms with Gasteiger partial charge in [-0.2, -0.15) is 0 Å². The highest BCUT2D eigenvalue weighted by atomic mass is 31.2. The lowest BCUT2D eigenvalue weighted by Gasteiger charge is -2.28. The lowest BCUT2D eigenvalue weighted by Crippen LogP contribution is -2.46. The van der Waals surface area contributed by atoms with Gasteiger partial charge in [-0.15, -0.1) is 0 Å². The first-order chi connectivity index (χ1) is 8.39. The molecule has 6 nitrogen and oxygen atoms in total. The summed E-state index contributed by atoms with van der Waals surface area (Å²) in [6, 6.07) is 0.586. The highest BCUT2D eigenvalue weighted by molar-refractivity contribution is 7.51. The molecule has 0 radical (unpaired) electrons. The molecule has 1 atom stereocenters. The van der Waals surface area contributed by atoms with Crippen molar-refractivity contribution in [2.75, 3.05) is 33.1 Å². The van der Waals surface area contributed by atoms with Crippen LogP contribution in [-0.2, 0) is 22.4 Å². The summed E-state index contributed by atoms with van der Waals surface area (Å²) in [6.45, 7) is 8.63. The van der Waals surface area contributed by atoms with E-state index in [9.17, 15) is 4.57 Å². The third kappa shape index (κ3) is 8.37. The van der Waals surface area contributed by atoms with Crippen molar-refractivity contribution in [2.24, 2.45) is 0 Å². The number of hydrogen-bond donors (Lipinski definition) is 1. The van der Waals surface area contributed by atoms with E-state index in [0.29, 0.717) is 32.3 Å². The highest BCUT2D eigenvalue weighted by Crippen LogP contribution is 2.36. The molecule has 0 saturated carbocycles. The summed E-state index contributed by atoms with van der Waals surface area (Å²) in [5.41, 5.74) is 0. The molecule has 0 bridgehead atoms. The molecule has 0 aliphatic carbocycles. The molecular weight excluding hydrogens is 275 g/mol. The molecule has 0 aliphatic rings. The standard InChI is InChI=1S/C10H25O6PSi/c1-5-14-18(15-6-2,16-7-3)10-8-9-13-17(4,11)12/h5-10H2,1-4H3,(H,11,12). The SMILES string of the molecule is CCO[Si](CCCOP(C)(=O)O)(OCC)OCC. The van der Waals surface area contributed by atoms with Gasteiger partial charge in [-0.25, -0.2) is 0 Å². The topological polar surface area (TPSA) is 74.2 Å². The van der Waals surface area contributed by atoms with E-state index in [1.54, 1.807) is 0 Å². The summed E-state index contributed by atoms with van der Waals surface area (Å²) in [4.78, 5) is 9.01. The van der Waals surface area contributed by atoms with Gasteiger partial charge < -0.3 is 22.7 Å². The first kappa shape index (κ1) is 18.2. The largest absolute Gasteiger partial charge is 0.501 e. The van der Waals surface area contributed by atoms with E-state index in [2.05, 4.69) is 0 Å². The van der Waals surface area contributed by atoms with Crippen LogP contribution in [0.3, 0.4) is 0 Å². The first-order valence-electron chi connectivity index (χ1n) is 6.25. The van der Waals surface area contributed by atoms with Gasteiger partial charge in [0, 0.05) is 32.5 Å². The minimum atomic E-state index is -3.40. The van der Waals surface area contributed by atoms with Crippen LogP contribution in [0.2, 0.25) is 6.04 Å². The van der Waals surface area contributed by atoms with Crippen molar-refractivity contribution < 1.29 is 27.3 Å². The van der Waals surface area contributed by atoms with Crippen molar-refractivity contribution in [3.8, 4) is 0 Å². The van der Waals surface area contributed by atoms with E-state index >= 15 is 0 Å². The summed E-state index contributed by atoms with van der Waals surface area (Å²) in [5, 5.41) is 0. The Balaban J connectivity index is 4.25. The molecule has 0 aromatic carbocycles. The maximum Gasteiger partial charge on any atom is 0.501 e. The van der Waals surface area contributed by atoms with Crippen LogP contribution in [0.15, 0.2) is 0 Å². The maximum absolute atomic E-state index is 11.0. The molecule has 0 aromatic rings. The molecule has 110 valence electrons. The Morgan fingerprint density at radius 1 is 1.06 bits per heavy atom. The average molecular weight is 300 g/mol. The molecule has 1 unspecified atom stereocenters. The van der Waals surface area contributed by atoms with Gasteiger partial charge in [0.1, 0.15) is 0 Å². The van der Waals surface area contributed by atoms with Gasteiger partial charge in [0.05, 0.1) is 6.61 Å². The molecule has 0 amide bonds. The van der Waals surface area contributed by atoms with Crippen LogP contribution in [-0.4, -0.2) is 46.8 Å². The van der Waals surface area contributed by atoms with Gasteiger partial charge in [-0.3, -0.25) is 4.57 Å². The predicted octanol–water partition coefficient (Wildman–Crippen LogP) is 2.26. The third-order valence-electron chi connectivity index (χ3n) is 2.05. The van der Waals surface area contributed by atoms with Gasteiger partial charge >= 0.3 is 16.4 Å². The number of rotatable bonds is 11. The van der Waals surface area contributed by atoms with Crippen molar-refractivity contribution >= 4 is 16.4 Å². The Bertz CT molecular complexity index is 240. The highest BCUT2D eigenvalue weighted by Gasteiger charge is 2.39. The van der Waals surface area contributed by atoms with Crippen LogP contribution in [0.5, 0.6) is 0 Å². The Morgan fingerprint density at radius 3 is 1.83 bits per heavy atom. The average Bonchev–Trinajstić information content (AvgIpc) is 2.24. The van der Waals surface area contributed by atoms with E-state index in [0.717, 1.165) is 0 Å². The molecule has 0 spiro atoms. The van der Waals surface area contributed by atoms with Crippen LogP contribution in [0.4, 0.5) is 0 Å². The van der Waals surface area contributed by atoms with Crippen molar-refractivity contribution in [3.05, 3.63) is 0 Å². The first-order valence-corrected chi connectivity index (χ1v) is 10.2. The molecule has 8 heteroatoms. The molecule has 0 fully saturated rings. The summed E-state index contributed by atoms with van der Waals surface area (Å²) in [5.74, 6) is 0. The predicted molar refractivity (Wildman–Crippen MR) is 71.8 cm³/mol. The lowest BCUT2D eigenvalue weighted by atomic mass is 10.5. The van der Waals surface area contributed by atoms with Gasteiger partial charge in [0.25, 0.3) is 0 Å². The molecule has 0 saturated heterocycles. The summed E-state index contributed by atoms with van der Waals surface area (Å²) in [6.07, 6.45) is 0.574. The zero-order valence-electron chi connectivity index (χ0n) is 11.7. The second-order valence-corrected chi connectivity index (χ2v) is 8.32. The van der Waals surface area contributed by atoms with Crippen molar-refractivity contribution in [1.29, 1.82) is 0 Å². The summed E-state index contributed by atoms with van der Waals surface area (Å²) >= 11 is 0. The fraction of sp³-hybridized carbons (Fsp3) is 1.00. The van der Waals surface area contributed by atoms with Crippen molar-refractivity contribution in [2.45, 2.75) is 33.2 Å². The van der Waals surface area contributed by atoms with Crippen LogP contribution in [0, 0.1) is 0 Å². The van der Waals surface area contributed by atoms with E-state index < -0.39 is 16.4 Å². The summed E-state index contributed by atoms with van der Waals surface area (Å²) < 4.78 is 32.7. The fourth-order valence-electron chi connectivity index (χ4n) is 1.52. The maximum atomic E-state index is 11.0. The van der Waals surface area contributed by atoms with Crippen LogP contribution in [0.1, 0.15) is 27.2 Å². The zero-order valence-corrected chi connectivity index (χ0v) is 13.6. The minimum absolute atomic E-state index is 0.201. The smallest absolute Gasteiger partial charge is 0.374 e. The monoisotopic (exact) mass is 300 g/mol. The summed E-state index contributed by atoms with van der Waals surface area (Å²) in [7, 11) is -6.04. The molecule has 0 rings (SSSR count). The lowest BCUT2D eigenvalue weighted by molar-refractivity contribution is 0.0694. The minimum Gasteiger partial charge on any atom is -0.374 e. The zero-order chi connectivity index (χ0) is 14.1. The molecule has 0 aromatic heterocycles. The number of hydrogen-bond acceptors (Lipinski definition) is 5. The Kier molecular flexibility index (Phi) is 9.32. The van der Waals surface area contributed by atoms with Gasteiger partial charge in [0.15, 0.2) is 0 Å². The van der Waals surface area contributed by atoms with E-state index in [1.807, 2.05) is 20.8 Å². The van der Waals surface area contributed by atoms with Crippen LogP contribution < -0.4 is 0 Å². The Hall–Kier alpha value is 0.247. The van der Waals surface area contributed by atoms with Crippen molar-refractivity contribution in [3.63, 3.8) is 0 Å². The van der Waals surface area contributed by atoms with Crippen LogP contribution in [0.25, 0.3) is 0 Å². The van der Waals surface area contributed by atoms with Crippen molar-refractivity contribution in [1.82, 2.24) is 0 Å². The Morgan fingerprint density at radius 2 is 1.50 bits per heavy atom. The fourth-order valence-corrected chi connectivity index (χ4v) is 4.57. The van der Waals surface area contributed by atoms with E-state index in [-0.39, 0.29) is 6.61 Å². The van der Waals surface area contributed by atoms with E-state index in [1.165, 1.54) is 6.66 Å². The Labute approximate surface area is 110 Å². The normalized spacial score (nSPS) is 15.6. The second-order valence-electron chi connectivity index (χ2n) is 3.72. The van der Waals surface area contributed by atoms with Gasteiger partial charge in [-0.05, 0) is 27.2 Å². The molecule has 0 aliphatic heterocycles. The second kappa shape index (κ2) is 9.20. The van der Waals surface area contributed by atoms with Gasteiger partial charge in [0.2, 0.25) is 0 Å². The molecule has 0 heterocycles. The quantitative estimate of drug-likeness (QED) is 0.358. The van der Waals surface area contributed by atoms with Gasteiger partial charge in [-0.1, -0.05) is 0 Å². The molecule has 18 heavy (non-hydrogen) atoms. The molecular formula is C10H25O6PSi.